The van der Waals surface area contributed by atoms with Gasteiger partial charge >= 0.3 is 0 Å². The van der Waals surface area contributed by atoms with E-state index in [1.54, 1.807) is 12.1 Å². The van der Waals surface area contributed by atoms with Gasteiger partial charge in [0, 0.05) is 6.54 Å². The zero-order valence-electron chi connectivity index (χ0n) is 18.8. The summed E-state index contributed by atoms with van der Waals surface area (Å²) >= 11 is 1.35. The Balaban J connectivity index is 1.66. The summed E-state index contributed by atoms with van der Waals surface area (Å²) in [4.78, 5) is 12.5. The number of halogens is 1. The van der Waals surface area contributed by atoms with Crippen LogP contribution in [0.15, 0.2) is 59.8 Å². The largest absolute Gasteiger partial charge is 0.483 e. The highest BCUT2D eigenvalue weighted by Crippen LogP contribution is 2.26. The third-order valence-corrected chi connectivity index (χ3v) is 5.76. The van der Waals surface area contributed by atoms with E-state index in [4.69, 9.17) is 4.74 Å². The predicted molar refractivity (Wildman–Crippen MR) is 124 cm³/mol. The van der Waals surface area contributed by atoms with Crippen LogP contribution < -0.4 is 10.1 Å². The normalized spacial score (nSPS) is 13.1. The molecule has 0 fully saturated rings. The number of ether oxygens (including phenoxy) is 1. The van der Waals surface area contributed by atoms with E-state index in [1.165, 1.54) is 23.9 Å². The predicted octanol–water partition coefficient (Wildman–Crippen LogP) is 5.18. The average Bonchev–Trinajstić information content (AvgIpc) is 3.16. The number of nitrogens with one attached hydrogen (secondary N) is 1. The highest BCUT2D eigenvalue weighted by atomic mass is 32.2. The van der Waals surface area contributed by atoms with Gasteiger partial charge in [-0.25, -0.2) is 4.39 Å². The van der Waals surface area contributed by atoms with Crippen molar-refractivity contribution in [3.05, 3.63) is 71.8 Å². The van der Waals surface area contributed by atoms with Crippen LogP contribution in [0.5, 0.6) is 5.75 Å². The van der Waals surface area contributed by atoms with Crippen molar-refractivity contribution in [3.8, 4) is 5.75 Å². The van der Waals surface area contributed by atoms with Gasteiger partial charge < -0.3 is 14.6 Å². The van der Waals surface area contributed by atoms with Gasteiger partial charge in [-0.1, -0.05) is 55.9 Å². The summed E-state index contributed by atoms with van der Waals surface area (Å²) in [5.74, 6) is 1.44. The molecule has 1 heterocycles. The second-order valence-corrected chi connectivity index (χ2v) is 8.99. The third kappa shape index (κ3) is 6.56. The summed E-state index contributed by atoms with van der Waals surface area (Å²) < 4.78 is 21.1. The van der Waals surface area contributed by atoms with Crippen molar-refractivity contribution in [2.24, 2.45) is 5.92 Å². The maximum absolute atomic E-state index is 13.2. The molecule has 0 aliphatic rings. The minimum absolute atomic E-state index is 0.0670. The Hall–Kier alpha value is -2.87. The van der Waals surface area contributed by atoms with E-state index < -0.39 is 0 Å². The molecule has 6 nitrogen and oxygen atoms in total. The van der Waals surface area contributed by atoms with Crippen LogP contribution >= 0.6 is 11.8 Å². The monoisotopic (exact) mass is 456 g/mol. The molecule has 0 aliphatic heterocycles. The molecule has 8 heteroatoms. The number of carbonyl (C=O) groups excluding carboxylic acids is 1. The Morgan fingerprint density at radius 3 is 2.41 bits per heavy atom. The van der Waals surface area contributed by atoms with E-state index >= 15 is 0 Å². The molecule has 0 saturated heterocycles. The molecule has 32 heavy (non-hydrogen) atoms. The first-order valence-corrected chi connectivity index (χ1v) is 11.6. The Morgan fingerprint density at radius 1 is 1.06 bits per heavy atom. The fraction of sp³-hybridized carbons (Fsp3) is 0.375. The molecule has 1 aromatic heterocycles. The average molecular weight is 457 g/mol. The number of hydrogen-bond donors (Lipinski definition) is 1. The molecular weight excluding hydrogens is 427 g/mol. The van der Waals surface area contributed by atoms with Crippen LogP contribution in [0.1, 0.15) is 51.2 Å². The van der Waals surface area contributed by atoms with E-state index in [0.29, 0.717) is 29.2 Å². The number of nitrogens with zero attached hydrogens (tertiary/aromatic N) is 3. The molecule has 2 unspecified atom stereocenters. The van der Waals surface area contributed by atoms with Crippen molar-refractivity contribution in [2.75, 3.05) is 5.75 Å². The first-order valence-electron chi connectivity index (χ1n) is 10.7. The first kappa shape index (κ1) is 23.8. The Kier molecular flexibility index (Phi) is 8.27. The van der Waals surface area contributed by atoms with E-state index in [1.807, 2.05) is 48.7 Å². The van der Waals surface area contributed by atoms with Crippen molar-refractivity contribution in [3.63, 3.8) is 0 Å². The van der Waals surface area contributed by atoms with Crippen LogP contribution in [0.3, 0.4) is 0 Å². The molecule has 1 N–H and O–H groups in total. The summed E-state index contributed by atoms with van der Waals surface area (Å²) in [6.07, 6.45) is -0.381. The molecule has 170 valence electrons. The van der Waals surface area contributed by atoms with Crippen LogP contribution in [0.4, 0.5) is 4.39 Å². The Bertz CT molecular complexity index is 1010. The standard InChI is InChI=1S/C24H29FN4O2S/c1-16(2)14-29-23(18(4)31-21-12-10-20(25)11-13-21)27-28-24(29)32-15-22(30)26-17(3)19-8-6-5-7-9-19/h5-13,16-18H,14-15H2,1-4H3,(H,26,30). The Morgan fingerprint density at radius 2 is 1.75 bits per heavy atom. The van der Waals surface area contributed by atoms with Gasteiger partial charge in [-0.3, -0.25) is 4.79 Å². The minimum Gasteiger partial charge on any atom is -0.483 e. The van der Waals surface area contributed by atoms with Gasteiger partial charge in [0.25, 0.3) is 0 Å². The van der Waals surface area contributed by atoms with Crippen molar-refractivity contribution >= 4 is 17.7 Å². The van der Waals surface area contributed by atoms with Crippen molar-refractivity contribution in [1.29, 1.82) is 0 Å². The van der Waals surface area contributed by atoms with Crippen LogP contribution in [0, 0.1) is 11.7 Å². The van der Waals surface area contributed by atoms with E-state index in [-0.39, 0.29) is 29.6 Å². The van der Waals surface area contributed by atoms with Crippen LogP contribution in [0.2, 0.25) is 0 Å². The summed E-state index contributed by atoms with van der Waals surface area (Å²) in [7, 11) is 0. The smallest absolute Gasteiger partial charge is 0.230 e. The van der Waals surface area contributed by atoms with Crippen LogP contribution in [-0.4, -0.2) is 26.4 Å². The highest BCUT2D eigenvalue weighted by molar-refractivity contribution is 7.99. The lowest BCUT2D eigenvalue weighted by Crippen LogP contribution is -2.28. The van der Waals surface area contributed by atoms with Gasteiger partial charge in [-0.05, 0) is 49.6 Å². The van der Waals surface area contributed by atoms with Crippen molar-refractivity contribution < 1.29 is 13.9 Å². The first-order chi connectivity index (χ1) is 15.3. The van der Waals surface area contributed by atoms with E-state index in [0.717, 1.165) is 5.56 Å². The molecular formula is C24H29FN4O2S. The summed E-state index contributed by atoms with van der Waals surface area (Å²) in [5, 5.41) is 12.3. The molecule has 1 amide bonds. The number of amides is 1. The summed E-state index contributed by atoms with van der Waals surface area (Å²) in [5.41, 5.74) is 1.06. The zero-order chi connectivity index (χ0) is 23.1. The summed E-state index contributed by atoms with van der Waals surface area (Å²) in [6.45, 7) is 8.76. The molecule has 0 bridgehead atoms. The lowest BCUT2D eigenvalue weighted by molar-refractivity contribution is -0.119. The van der Waals surface area contributed by atoms with Gasteiger partial charge in [-0.2, -0.15) is 0 Å². The maximum atomic E-state index is 13.2. The molecule has 0 aliphatic carbocycles. The lowest BCUT2D eigenvalue weighted by Gasteiger charge is -2.18. The highest BCUT2D eigenvalue weighted by Gasteiger charge is 2.21. The van der Waals surface area contributed by atoms with E-state index in [2.05, 4.69) is 29.4 Å². The van der Waals surface area contributed by atoms with Crippen LogP contribution in [-0.2, 0) is 11.3 Å². The zero-order valence-corrected chi connectivity index (χ0v) is 19.6. The quantitative estimate of drug-likeness (QED) is 0.426. The molecule has 0 spiro atoms. The van der Waals surface area contributed by atoms with Gasteiger partial charge in [0.05, 0.1) is 11.8 Å². The Labute approximate surface area is 192 Å². The fourth-order valence-corrected chi connectivity index (χ4v) is 4.02. The lowest BCUT2D eigenvalue weighted by atomic mass is 10.1. The third-order valence-electron chi connectivity index (χ3n) is 4.79. The second-order valence-electron chi connectivity index (χ2n) is 8.05. The van der Waals surface area contributed by atoms with E-state index in [9.17, 15) is 9.18 Å². The summed E-state index contributed by atoms with van der Waals surface area (Å²) in [6, 6.07) is 15.7. The molecule has 3 aromatic rings. The second kappa shape index (κ2) is 11.1. The van der Waals surface area contributed by atoms with Gasteiger partial charge in [0.1, 0.15) is 11.6 Å². The number of thioether (sulfide) groups is 1. The van der Waals surface area contributed by atoms with Gasteiger partial charge in [0.2, 0.25) is 5.91 Å². The SMILES string of the molecule is CC(C)Cn1c(SCC(=O)NC(C)c2ccccc2)nnc1C(C)Oc1ccc(F)cc1. The molecule has 0 saturated carbocycles. The number of rotatable bonds is 10. The molecule has 2 aromatic carbocycles. The number of hydrogen-bond acceptors (Lipinski definition) is 5. The number of carbonyl (C=O) groups is 1. The van der Waals surface area contributed by atoms with Crippen LogP contribution in [0.25, 0.3) is 0 Å². The number of aromatic nitrogens is 3. The van der Waals surface area contributed by atoms with Crippen molar-refractivity contribution in [2.45, 2.75) is 51.5 Å². The van der Waals surface area contributed by atoms with Gasteiger partial charge in [0.15, 0.2) is 17.1 Å². The van der Waals surface area contributed by atoms with Crippen molar-refractivity contribution in [1.82, 2.24) is 20.1 Å². The fourth-order valence-electron chi connectivity index (χ4n) is 3.25. The van der Waals surface area contributed by atoms with Gasteiger partial charge in [-0.15, -0.1) is 10.2 Å². The molecule has 0 radical (unpaired) electrons. The topological polar surface area (TPSA) is 69.0 Å². The maximum Gasteiger partial charge on any atom is 0.230 e. The minimum atomic E-state index is -0.381. The molecule has 3 rings (SSSR count). The molecule has 2 atom stereocenters. The number of benzene rings is 2.